The minimum Gasteiger partial charge on any atom is -0.337 e. The molecule has 0 aromatic carbocycles. The lowest BCUT2D eigenvalue weighted by Gasteiger charge is -2.39. The Morgan fingerprint density at radius 3 is 2.50 bits per heavy atom. The fourth-order valence-corrected chi connectivity index (χ4v) is 1.93. The van der Waals surface area contributed by atoms with E-state index in [0.717, 1.165) is 19.6 Å². The highest BCUT2D eigenvalue weighted by atomic mass is 16.2. The Morgan fingerprint density at radius 1 is 1.36 bits per heavy atom. The van der Waals surface area contributed by atoms with Crippen LogP contribution in [-0.4, -0.2) is 36.5 Å². The molecule has 0 aromatic rings. The van der Waals surface area contributed by atoms with Crippen molar-refractivity contribution in [1.29, 1.82) is 0 Å². The van der Waals surface area contributed by atoms with Crippen molar-refractivity contribution in [2.45, 2.75) is 33.7 Å². The molecule has 82 valence electrons. The van der Waals surface area contributed by atoms with Crippen LogP contribution in [0.25, 0.3) is 0 Å². The maximum absolute atomic E-state index is 11.9. The highest BCUT2D eigenvalue weighted by molar-refractivity contribution is 5.78. The summed E-state index contributed by atoms with van der Waals surface area (Å²) in [4.78, 5) is 14.0. The largest absolute Gasteiger partial charge is 0.337 e. The molecule has 1 amide bonds. The molecule has 0 aliphatic carbocycles. The van der Waals surface area contributed by atoms with Crippen LogP contribution < -0.4 is 5.32 Å². The van der Waals surface area contributed by atoms with Crippen LogP contribution >= 0.6 is 0 Å². The molecule has 1 heterocycles. The van der Waals surface area contributed by atoms with Crippen LogP contribution in [0.3, 0.4) is 0 Å². The molecule has 14 heavy (non-hydrogen) atoms. The normalized spacial score (nSPS) is 23.3. The first-order valence-electron chi connectivity index (χ1n) is 5.55. The summed E-state index contributed by atoms with van der Waals surface area (Å²) in [6, 6.07) is 0.374. The SMILES string of the molecule is CC(C)C(=O)N1CCNC[C@@H]1C(C)C. The Morgan fingerprint density at radius 2 is 2.00 bits per heavy atom. The number of amides is 1. The molecule has 0 bridgehead atoms. The molecule has 1 atom stereocenters. The molecule has 1 fully saturated rings. The Hall–Kier alpha value is -0.570. The lowest BCUT2D eigenvalue weighted by Crippen LogP contribution is -2.56. The molecule has 1 rings (SSSR count). The van der Waals surface area contributed by atoms with Gasteiger partial charge in [-0.15, -0.1) is 0 Å². The van der Waals surface area contributed by atoms with Gasteiger partial charge < -0.3 is 10.2 Å². The third-order valence-electron chi connectivity index (χ3n) is 2.83. The number of hydrogen-bond donors (Lipinski definition) is 1. The van der Waals surface area contributed by atoms with Crippen molar-refractivity contribution in [2.24, 2.45) is 11.8 Å². The van der Waals surface area contributed by atoms with E-state index < -0.39 is 0 Å². The van der Waals surface area contributed by atoms with Crippen LogP contribution in [0.4, 0.5) is 0 Å². The van der Waals surface area contributed by atoms with Gasteiger partial charge in [-0.2, -0.15) is 0 Å². The van der Waals surface area contributed by atoms with E-state index in [-0.39, 0.29) is 5.92 Å². The number of carbonyl (C=O) groups excluding carboxylic acids is 1. The van der Waals surface area contributed by atoms with Gasteiger partial charge in [0.15, 0.2) is 0 Å². The van der Waals surface area contributed by atoms with Gasteiger partial charge >= 0.3 is 0 Å². The van der Waals surface area contributed by atoms with Gasteiger partial charge in [-0.1, -0.05) is 27.7 Å². The molecule has 1 saturated heterocycles. The van der Waals surface area contributed by atoms with Gasteiger partial charge in [-0.05, 0) is 5.92 Å². The summed E-state index contributed by atoms with van der Waals surface area (Å²) in [5.74, 6) is 0.949. The summed E-state index contributed by atoms with van der Waals surface area (Å²) in [5.41, 5.74) is 0. The summed E-state index contributed by atoms with van der Waals surface area (Å²) in [6.45, 7) is 11.0. The highest BCUT2D eigenvalue weighted by Gasteiger charge is 2.29. The Bertz CT molecular complexity index is 201. The maximum Gasteiger partial charge on any atom is 0.225 e. The second kappa shape index (κ2) is 4.78. The molecule has 0 radical (unpaired) electrons. The monoisotopic (exact) mass is 198 g/mol. The van der Waals surface area contributed by atoms with Crippen molar-refractivity contribution < 1.29 is 4.79 Å². The summed E-state index contributed by atoms with van der Waals surface area (Å²) in [6.07, 6.45) is 0. The number of piperazine rings is 1. The van der Waals surface area contributed by atoms with Crippen LogP contribution in [0.1, 0.15) is 27.7 Å². The average molecular weight is 198 g/mol. The number of hydrogen-bond acceptors (Lipinski definition) is 2. The van der Waals surface area contributed by atoms with E-state index in [1.54, 1.807) is 0 Å². The zero-order chi connectivity index (χ0) is 10.7. The van der Waals surface area contributed by atoms with Crippen LogP contribution in [0, 0.1) is 11.8 Å². The van der Waals surface area contributed by atoms with Gasteiger partial charge in [-0.3, -0.25) is 4.79 Å². The molecule has 0 spiro atoms. The Kier molecular flexibility index (Phi) is 3.93. The van der Waals surface area contributed by atoms with E-state index in [1.807, 2.05) is 18.7 Å². The second-order valence-electron chi connectivity index (χ2n) is 4.70. The van der Waals surface area contributed by atoms with Gasteiger partial charge in [0, 0.05) is 31.6 Å². The van der Waals surface area contributed by atoms with E-state index in [9.17, 15) is 4.79 Å². The molecular weight excluding hydrogens is 176 g/mol. The quantitative estimate of drug-likeness (QED) is 0.720. The molecule has 0 unspecified atom stereocenters. The summed E-state index contributed by atoms with van der Waals surface area (Å²) in [7, 11) is 0. The van der Waals surface area contributed by atoms with Gasteiger partial charge in [-0.25, -0.2) is 0 Å². The number of nitrogens with one attached hydrogen (secondary N) is 1. The lowest BCUT2D eigenvalue weighted by atomic mass is 9.99. The minimum absolute atomic E-state index is 0.120. The molecule has 3 heteroatoms. The average Bonchev–Trinajstić information content (AvgIpc) is 2.16. The topological polar surface area (TPSA) is 32.3 Å². The van der Waals surface area contributed by atoms with Crippen molar-refractivity contribution in [3.8, 4) is 0 Å². The van der Waals surface area contributed by atoms with Gasteiger partial charge in [0.2, 0.25) is 5.91 Å². The van der Waals surface area contributed by atoms with Crippen LogP contribution in [0.15, 0.2) is 0 Å². The molecule has 1 N–H and O–H groups in total. The first-order valence-corrected chi connectivity index (χ1v) is 5.55. The number of carbonyl (C=O) groups is 1. The standard InChI is InChI=1S/C11H22N2O/c1-8(2)10-7-12-5-6-13(10)11(14)9(3)4/h8-10,12H,5-7H2,1-4H3/t10-/m1/s1. The number of nitrogens with zero attached hydrogens (tertiary/aromatic N) is 1. The minimum atomic E-state index is 0.120. The molecule has 1 aliphatic rings. The number of rotatable bonds is 2. The van der Waals surface area contributed by atoms with E-state index in [1.165, 1.54) is 0 Å². The smallest absolute Gasteiger partial charge is 0.225 e. The van der Waals surface area contributed by atoms with Crippen LogP contribution in [-0.2, 0) is 4.79 Å². The van der Waals surface area contributed by atoms with Crippen molar-refractivity contribution >= 4 is 5.91 Å². The first kappa shape index (κ1) is 11.5. The Balaban J connectivity index is 2.67. The highest BCUT2D eigenvalue weighted by Crippen LogP contribution is 2.15. The summed E-state index contributed by atoms with van der Waals surface area (Å²) < 4.78 is 0. The van der Waals surface area contributed by atoms with Crippen molar-refractivity contribution in [1.82, 2.24) is 10.2 Å². The van der Waals surface area contributed by atoms with E-state index >= 15 is 0 Å². The first-order chi connectivity index (χ1) is 6.54. The fourth-order valence-electron chi connectivity index (χ4n) is 1.93. The molecule has 1 aliphatic heterocycles. The fraction of sp³-hybridized carbons (Fsp3) is 0.909. The van der Waals surface area contributed by atoms with Crippen LogP contribution in [0.2, 0.25) is 0 Å². The molecule has 3 nitrogen and oxygen atoms in total. The lowest BCUT2D eigenvalue weighted by molar-refractivity contribution is -0.138. The maximum atomic E-state index is 11.9. The second-order valence-corrected chi connectivity index (χ2v) is 4.70. The van der Waals surface area contributed by atoms with E-state index in [2.05, 4.69) is 19.2 Å². The van der Waals surface area contributed by atoms with Crippen molar-refractivity contribution in [3.63, 3.8) is 0 Å². The zero-order valence-electron chi connectivity index (χ0n) is 9.71. The third-order valence-corrected chi connectivity index (χ3v) is 2.83. The van der Waals surface area contributed by atoms with Crippen molar-refractivity contribution in [3.05, 3.63) is 0 Å². The van der Waals surface area contributed by atoms with Crippen LogP contribution in [0.5, 0.6) is 0 Å². The zero-order valence-corrected chi connectivity index (χ0v) is 9.71. The van der Waals surface area contributed by atoms with Gasteiger partial charge in [0.1, 0.15) is 0 Å². The summed E-state index contributed by atoms with van der Waals surface area (Å²) >= 11 is 0. The third kappa shape index (κ3) is 2.47. The predicted octanol–water partition coefficient (Wildman–Crippen LogP) is 1.10. The van der Waals surface area contributed by atoms with Gasteiger partial charge in [0.25, 0.3) is 0 Å². The molecular formula is C11H22N2O. The van der Waals surface area contributed by atoms with E-state index in [4.69, 9.17) is 0 Å². The van der Waals surface area contributed by atoms with Crippen molar-refractivity contribution in [2.75, 3.05) is 19.6 Å². The van der Waals surface area contributed by atoms with E-state index in [0.29, 0.717) is 17.9 Å². The molecule has 0 saturated carbocycles. The molecule has 0 aromatic heterocycles. The van der Waals surface area contributed by atoms with Gasteiger partial charge in [0.05, 0.1) is 0 Å². The summed E-state index contributed by atoms with van der Waals surface area (Å²) in [5, 5.41) is 3.35. The Labute approximate surface area is 86.9 Å². The predicted molar refractivity (Wildman–Crippen MR) is 58.0 cm³/mol.